The van der Waals surface area contributed by atoms with E-state index in [0.717, 1.165) is 12.8 Å². The molecule has 1 aliphatic carbocycles. The first-order valence-electron chi connectivity index (χ1n) is 9.03. The lowest BCUT2D eigenvalue weighted by Gasteiger charge is -2.06. The van der Waals surface area contributed by atoms with Crippen LogP contribution in [0.4, 0.5) is 15.9 Å². The minimum absolute atomic E-state index is 0.226. The maximum atomic E-state index is 13.2. The van der Waals surface area contributed by atoms with E-state index < -0.39 is 5.69 Å². The summed E-state index contributed by atoms with van der Waals surface area (Å²) >= 11 is 0. The van der Waals surface area contributed by atoms with Gasteiger partial charge in [-0.15, -0.1) is 0 Å². The van der Waals surface area contributed by atoms with Gasteiger partial charge in [0.2, 0.25) is 5.88 Å². The summed E-state index contributed by atoms with van der Waals surface area (Å²) in [5, 5.41) is 17.9. The number of imidazole rings is 1. The Bertz CT molecular complexity index is 1380. The van der Waals surface area contributed by atoms with E-state index in [1.165, 1.54) is 12.1 Å². The number of nitrogens with one attached hydrogen (secondary N) is 3. The van der Waals surface area contributed by atoms with Crippen LogP contribution in [0.3, 0.4) is 0 Å². The molecule has 10 heteroatoms. The van der Waals surface area contributed by atoms with Crippen LogP contribution in [0, 0.1) is 5.82 Å². The van der Waals surface area contributed by atoms with E-state index in [4.69, 9.17) is 4.99 Å². The molecule has 0 radical (unpaired) electrons. The number of aromatic nitrogens is 5. The smallest absolute Gasteiger partial charge is 0.326 e. The largest absolute Gasteiger partial charge is 0.493 e. The zero-order chi connectivity index (χ0) is 20.0. The molecule has 0 bridgehead atoms. The minimum Gasteiger partial charge on any atom is -0.493 e. The van der Waals surface area contributed by atoms with Crippen LogP contribution in [0.15, 0.2) is 46.3 Å². The van der Waals surface area contributed by atoms with Crippen molar-refractivity contribution in [1.82, 2.24) is 24.6 Å². The highest BCUT2D eigenvalue weighted by Gasteiger charge is 2.20. The number of aromatic amines is 2. The number of hydrogen-bond acceptors (Lipinski definition) is 6. The summed E-state index contributed by atoms with van der Waals surface area (Å²) in [4.78, 5) is 25.4. The summed E-state index contributed by atoms with van der Waals surface area (Å²) < 4.78 is 14.8. The average molecular weight is 393 g/mol. The van der Waals surface area contributed by atoms with Gasteiger partial charge in [-0.1, -0.05) is 0 Å². The quantitative estimate of drug-likeness (QED) is 0.411. The highest BCUT2D eigenvalue weighted by molar-refractivity contribution is 5.61. The Balaban J connectivity index is 1.67. The van der Waals surface area contributed by atoms with E-state index in [0.29, 0.717) is 27.9 Å². The van der Waals surface area contributed by atoms with Gasteiger partial charge in [0, 0.05) is 17.0 Å². The maximum Gasteiger partial charge on any atom is 0.326 e. The monoisotopic (exact) mass is 393 g/mol. The summed E-state index contributed by atoms with van der Waals surface area (Å²) in [5.74, 6) is -0.0698. The third kappa shape index (κ3) is 3.47. The van der Waals surface area contributed by atoms with Gasteiger partial charge in [-0.05, 0) is 43.2 Å². The molecule has 1 saturated carbocycles. The number of H-pyrrole nitrogens is 2. The summed E-state index contributed by atoms with van der Waals surface area (Å²) in [6.45, 7) is 0. The summed E-state index contributed by atoms with van der Waals surface area (Å²) in [7, 11) is 0. The van der Waals surface area contributed by atoms with E-state index in [-0.39, 0.29) is 23.4 Å². The lowest BCUT2D eigenvalue weighted by Crippen LogP contribution is -2.19. The van der Waals surface area contributed by atoms with Crippen LogP contribution in [0.5, 0.6) is 5.88 Å². The van der Waals surface area contributed by atoms with Crippen LogP contribution >= 0.6 is 0 Å². The molecule has 3 heterocycles. The first-order chi connectivity index (χ1) is 14.0. The zero-order valence-corrected chi connectivity index (χ0v) is 15.1. The number of aromatic hydroxyl groups is 1. The SMILES string of the molecule is O=c1[nH]c(O)c(C=c2cnn3c(=NC4CC4)cc(Nc4ccc(F)cc4)nc23)[nH]1. The fourth-order valence-electron chi connectivity index (χ4n) is 2.94. The molecule has 3 aromatic heterocycles. The molecule has 4 N–H and O–H groups in total. The van der Waals surface area contributed by atoms with Gasteiger partial charge >= 0.3 is 5.69 Å². The molecule has 9 nitrogen and oxygen atoms in total. The van der Waals surface area contributed by atoms with Gasteiger partial charge < -0.3 is 15.4 Å². The highest BCUT2D eigenvalue weighted by atomic mass is 19.1. The van der Waals surface area contributed by atoms with Crippen LogP contribution in [-0.4, -0.2) is 35.7 Å². The van der Waals surface area contributed by atoms with Crippen molar-refractivity contribution in [3.05, 3.63) is 69.2 Å². The van der Waals surface area contributed by atoms with E-state index in [1.807, 2.05) is 0 Å². The number of benzene rings is 1. The van der Waals surface area contributed by atoms with Crippen LogP contribution in [0.25, 0.3) is 11.7 Å². The van der Waals surface area contributed by atoms with Crippen molar-refractivity contribution < 1.29 is 9.50 Å². The molecule has 0 spiro atoms. The zero-order valence-electron chi connectivity index (χ0n) is 15.1. The molecule has 29 heavy (non-hydrogen) atoms. The average Bonchev–Trinajstić information content (AvgIpc) is 3.33. The topological polar surface area (TPSA) is 123 Å². The van der Waals surface area contributed by atoms with Gasteiger partial charge in [-0.2, -0.15) is 9.61 Å². The third-order valence-corrected chi connectivity index (χ3v) is 4.49. The summed E-state index contributed by atoms with van der Waals surface area (Å²) in [5.41, 5.74) is 1.52. The fraction of sp³-hybridized carbons (Fsp3) is 0.158. The van der Waals surface area contributed by atoms with Crippen molar-refractivity contribution in [2.75, 3.05) is 5.32 Å². The molecular weight excluding hydrogens is 377 g/mol. The van der Waals surface area contributed by atoms with Crippen molar-refractivity contribution in [3.8, 4) is 5.88 Å². The molecule has 0 atom stereocenters. The van der Waals surface area contributed by atoms with Gasteiger partial charge in [0.05, 0.1) is 12.2 Å². The number of halogens is 1. The standard InChI is InChI=1S/C19H16FN7O2/c20-11-1-3-12(4-2-11)22-15-8-16(23-13-5-6-13)27-17(25-15)10(9-21-27)7-14-18(28)26-19(29)24-14/h1-4,7-9,13,22,28H,5-6H2,(H2,24,26,29). The first-order valence-corrected chi connectivity index (χ1v) is 9.03. The number of fused-ring (bicyclic) bond motifs is 1. The van der Waals surface area contributed by atoms with Crippen LogP contribution in [0.1, 0.15) is 18.5 Å². The predicted molar refractivity (Wildman–Crippen MR) is 103 cm³/mol. The Labute approximate surface area is 162 Å². The minimum atomic E-state index is -0.513. The normalized spacial score (nSPS) is 15.3. The van der Waals surface area contributed by atoms with Gasteiger partial charge in [-0.3, -0.25) is 9.98 Å². The third-order valence-electron chi connectivity index (χ3n) is 4.49. The summed E-state index contributed by atoms with van der Waals surface area (Å²) in [6, 6.07) is 8.00. The van der Waals surface area contributed by atoms with Crippen LogP contribution < -0.4 is 21.7 Å². The molecule has 1 aromatic carbocycles. The Morgan fingerprint density at radius 1 is 1.28 bits per heavy atom. The predicted octanol–water partition coefficient (Wildman–Crippen LogP) is 0.945. The number of hydrogen-bond donors (Lipinski definition) is 4. The van der Waals surface area contributed by atoms with E-state index in [2.05, 4.69) is 25.4 Å². The number of rotatable bonds is 4. The molecular formula is C19H16FN7O2. The molecule has 1 aliphatic rings. The molecule has 0 aliphatic heterocycles. The lowest BCUT2D eigenvalue weighted by atomic mass is 10.3. The van der Waals surface area contributed by atoms with Crippen molar-refractivity contribution in [2.24, 2.45) is 4.99 Å². The second kappa shape index (κ2) is 6.59. The molecule has 0 amide bonds. The van der Waals surface area contributed by atoms with Crippen LogP contribution in [0.2, 0.25) is 0 Å². The molecule has 5 rings (SSSR count). The molecule has 1 fully saturated rings. The molecule has 0 unspecified atom stereocenters. The van der Waals surface area contributed by atoms with Crippen LogP contribution in [-0.2, 0) is 0 Å². The molecule has 4 aromatic rings. The Morgan fingerprint density at radius 2 is 2.07 bits per heavy atom. The van der Waals surface area contributed by atoms with Crippen molar-refractivity contribution >= 4 is 23.2 Å². The van der Waals surface area contributed by atoms with Gasteiger partial charge in [0.1, 0.15) is 17.3 Å². The van der Waals surface area contributed by atoms with Crippen molar-refractivity contribution in [1.29, 1.82) is 0 Å². The Kier molecular flexibility index (Phi) is 3.90. The lowest BCUT2D eigenvalue weighted by molar-refractivity contribution is 0.454. The Hall–Kier alpha value is -3.95. The van der Waals surface area contributed by atoms with Crippen molar-refractivity contribution in [2.45, 2.75) is 18.9 Å². The summed E-state index contributed by atoms with van der Waals surface area (Å²) in [6.07, 6.45) is 5.22. The first kappa shape index (κ1) is 17.2. The molecule has 0 saturated heterocycles. The second-order valence-electron chi connectivity index (χ2n) is 6.81. The fourth-order valence-corrected chi connectivity index (χ4v) is 2.94. The molecule has 146 valence electrons. The maximum absolute atomic E-state index is 13.2. The van der Waals surface area contributed by atoms with Gasteiger partial charge in [-0.25, -0.2) is 14.2 Å². The number of anilines is 2. The highest BCUT2D eigenvalue weighted by Crippen LogP contribution is 2.22. The van der Waals surface area contributed by atoms with E-state index in [1.54, 1.807) is 35.0 Å². The second-order valence-corrected chi connectivity index (χ2v) is 6.81. The van der Waals surface area contributed by atoms with Gasteiger partial charge in [0.25, 0.3) is 0 Å². The Morgan fingerprint density at radius 3 is 2.76 bits per heavy atom. The number of nitrogens with zero attached hydrogens (tertiary/aromatic N) is 4. The van der Waals surface area contributed by atoms with E-state index in [9.17, 15) is 14.3 Å². The van der Waals surface area contributed by atoms with Crippen molar-refractivity contribution in [3.63, 3.8) is 0 Å². The van der Waals surface area contributed by atoms with Gasteiger partial charge in [0.15, 0.2) is 11.1 Å². The van der Waals surface area contributed by atoms with E-state index >= 15 is 0 Å².